The van der Waals surface area contributed by atoms with Gasteiger partial charge in [-0.1, -0.05) is 59.9 Å². The highest BCUT2D eigenvalue weighted by Gasteiger charge is 2.25. The number of aromatic nitrogens is 4. The van der Waals surface area contributed by atoms with E-state index < -0.39 is 5.97 Å². The Morgan fingerprint density at radius 2 is 2.00 bits per heavy atom. The highest BCUT2D eigenvalue weighted by atomic mass is 32.2. The first kappa shape index (κ1) is 23.4. The predicted molar refractivity (Wildman–Crippen MR) is 129 cm³/mol. The lowest BCUT2D eigenvalue weighted by atomic mass is 10.2. The van der Waals surface area contributed by atoms with Gasteiger partial charge in [-0.3, -0.25) is 9.69 Å². The van der Waals surface area contributed by atoms with E-state index in [1.807, 2.05) is 30.3 Å². The van der Waals surface area contributed by atoms with Gasteiger partial charge >= 0.3 is 5.97 Å². The van der Waals surface area contributed by atoms with Gasteiger partial charge in [0.1, 0.15) is 10.7 Å². The van der Waals surface area contributed by atoms with Crippen molar-refractivity contribution in [3.8, 4) is 0 Å². The minimum Gasteiger partial charge on any atom is -0.462 e. The maximum atomic E-state index is 13.4. The molecule has 2 aromatic heterocycles. The zero-order chi connectivity index (χ0) is 23.2. The number of thiazole rings is 1. The van der Waals surface area contributed by atoms with Crippen LogP contribution in [0.25, 0.3) is 0 Å². The summed E-state index contributed by atoms with van der Waals surface area (Å²) in [6.07, 6.45) is 4.33. The Morgan fingerprint density at radius 3 is 2.79 bits per heavy atom. The summed E-state index contributed by atoms with van der Waals surface area (Å²) in [4.78, 5) is 32.3. The second-order valence-electron chi connectivity index (χ2n) is 7.75. The molecule has 3 aromatic rings. The average Bonchev–Trinajstić information content (AvgIpc) is 3.31. The maximum absolute atomic E-state index is 13.4. The van der Waals surface area contributed by atoms with Gasteiger partial charge in [0.15, 0.2) is 10.3 Å². The molecule has 1 aliphatic rings. The summed E-state index contributed by atoms with van der Waals surface area (Å²) in [6, 6.07) is 9.76. The lowest BCUT2D eigenvalue weighted by molar-refractivity contribution is -0.116. The largest absolute Gasteiger partial charge is 0.462 e. The molecule has 4 rings (SSSR count). The first-order chi connectivity index (χ1) is 16.1. The van der Waals surface area contributed by atoms with Crippen LogP contribution < -0.4 is 4.90 Å². The topological polar surface area (TPSA) is 90.2 Å². The number of benzene rings is 1. The molecule has 3 heterocycles. The number of carbonyl (C=O) groups is 2. The Labute approximate surface area is 201 Å². The van der Waals surface area contributed by atoms with E-state index in [4.69, 9.17) is 4.74 Å². The number of ether oxygens (including phenoxy) is 1. The number of rotatable bonds is 8. The zero-order valence-electron chi connectivity index (χ0n) is 18.8. The van der Waals surface area contributed by atoms with Crippen molar-refractivity contribution in [3.63, 3.8) is 0 Å². The Hall–Kier alpha value is -2.72. The monoisotopic (exact) mass is 485 g/mol. The van der Waals surface area contributed by atoms with Gasteiger partial charge in [-0.15, -0.1) is 10.2 Å². The van der Waals surface area contributed by atoms with Crippen molar-refractivity contribution in [1.82, 2.24) is 19.7 Å². The number of thioether (sulfide) groups is 1. The van der Waals surface area contributed by atoms with Crippen LogP contribution in [-0.4, -0.2) is 44.0 Å². The highest BCUT2D eigenvalue weighted by Crippen LogP contribution is 2.30. The van der Waals surface area contributed by atoms with Crippen molar-refractivity contribution in [2.75, 3.05) is 17.3 Å². The van der Waals surface area contributed by atoms with E-state index in [0.717, 1.165) is 42.4 Å². The van der Waals surface area contributed by atoms with Crippen molar-refractivity contribution in [1.29, 1.82) is 0 Å². The number of nitrogens with zero attached hydrogens (tertiary/aromatic N) is 5. The third-order valence-electron chi connectivity index (χ3n) is 5.36. The Bertz CT molecular complexity index is 1110. The van der Waals surface area contributed by atoms with Crippen LogP contribution >= 0.6 is 23.1 Å². The molecule has 0 aliphatic carbocycles. The van der Waals surface area contributed by atoms with E-state index in [9.17, 15) is 9.59 Å². The van der Waals surface area contributed by atoms with Crippen molar-refractivity contribution in [2.24, 2.45) is 0 Å². The highest BCUT2D eigenvalue weighted by molar-refractivity contribution is 7.99. The van der Waals surface area contributed by atoms with Crippen LogP contribution in [-0.2, 0) is 29.0 Å². The maximum Gasteiger partial charge on any atom is 0.350 e. The molecule has 0 spiro atoms. The molecule has 33 heavy (non-hydrogen) atoms. The zero-order valence-corrected chi connectivity index (χ0v) is 20.5. The fraction of sp³-hybridized carbons (Fsp3) is 0.435. The van der Waals surface area contributed by atoms with E-state index >= 15 is 0 Å². The number of esters is 1. The van der Waals surface area contributed by atoms with Gasteiger partial charge in [0.25, 0.3) is 0 Å². The van der Waals surface area contributed by atoms with E-state index in [2.05, 4.69) is 19.7 Å². The third kappa shape index (κ3) is 5.62. The molecule has 0 saturated carbocycles. The average molecular weight is 486 g/mol. The number of amides is 1. The lowest BCUT2D eigenvalue weighted by Gasteiger charge is -2.20. The summed E-state index contributed by atoms with van der Waals surface area (Å²) in [7, 11) is 0. The molecule has 0 radical (unpaired) electrons. The first-order valence-electron chi connectivity index (χ1n) is 11.1. The number of carbonyl (C=O) groups excluding carboxylic acids is 2. The smallest absolute Gasteiger partial charge is 0.350 e. The predicted octanol–water partition coefficient (Wildman–Crippen LogP) is 4.27. The Balaban J connectivity index is 1.55. The SMILES string of the molecule is CCOC(=O)c1sc(N(Cc2ccccc2)C(=O)CSc2nnc3n2CCCCC3)nc1C. The first-order valence-corrected chi connectivity index (χ1v) is 12.9. The summed E-state index contributed by atoms with van der Waals surface area (Å²) < 4.78 is 7.28. The molecule has 174 valence electrons. The van der Waals surface area contributed by atoms with Crippen LogP contribution in [0.4, 0.5) is 5.13 Å². The third-order valence-corrected chi connectivity index (χ3v) is 7.47. The molecule has 8 nitrogen and oxygen atoms in total. The summed E-state index contributed by atoms with van der Waals surface area (Å²) in [5.74, 6) is 0.696. The van der Waals surface area contributed by atoms with Gasteiger partial charge in [-0.25, -0.2) is 9.78 Å². The minimum absolute atomic E-state index is 0.0982. The Kier molecular flexibility index (Phi) is 7.77. The number of anilines is 1. The summed E-state index contributed by atoms with van der Waals surface area (Å²) in [5.41, 5.74) is 1.55. The molecular weight excluding hydrogens is 458 g/mol. The van der Waals surface area contributed by atoms with Crippen LogP contribution in [0.15, 0.2) is 35.5 Å². The van der Waals surface area contributed by atoms with Crippen LogP contribution in [0.1, 0.15) is 52.9 Å². The molecule has 1 aliphatic heterocycles. The number of hydrogen-bond acceptors (Lipinski definition) is 8. The van der Waals surface area contributed by atoms with Gasteiger partial charge < -0.3 is 9.30 Å². The summed E-state index contributed by atoms with van der Waals surface area (Å²) in [6.45, 7) is 5.08. The van der Waals surface area contributed by atoms with Crippen molar-refractivity contribution in [3.05, 3.63) is 52.3 Å². The van der Waals surface area contributed by atoms with Gasteiger partial charge in [0, 0.05) is 13.0 Å². The van der Waals surface area contributed by atoms with Crippen LogP contribution in [0, 0.1) is 6.92 Å². The molecule has 10 heteroatoms. The fourth-order valence-electron chi connectivity index (χ4n) is 3.68. The second-order valence-corrected chi connectivity index (χ2v) is 9.67. The standard InChI is InChI=1S/C23H27N5O3S2/c1-3-31-21(30)20-16(2)24-22(33-20)28(14-17-10-6-4-7-11-17)19(29)15-32-23-26-25-18-12-8-5-9-13-27(18)23/h4,6-7,10-11H,3,5,8-9,12-15H2,1-2H3. The molecule has 1 amide bonds. The number of aryl methyl sites for hydroxylation is 2. The van der Waals surface area contributed by atoms with Gasteiger partial charge in [0.05, 0.1) is 24.6 Å². The Morgan fingerprint density at radius 1 is 1.18 bits per heavy atom. The van der Waals surface area contributed by atoms with Crippen molar-refractivity contribution in [2.45, 2.75) is 57.8 Å². The number of hydrogen-bond donors (Lipinski definition) is 0. The van der Waals surface area contributed by atoms with Gasteiger partial charge in [-0.05, 0) is 32.3 Å². The molecule has 0 N–H and O–H groups in total. The van der Waals surface area contributed by atoms with E-state index in [0.29, 0.717) is 22.2 Å². The molecule has 0 atom stereocenters. The quantitative estimate of drug-likeness (QED) is 0.348. The van der Waals surface area contributed by atoms with E-state index in [-0.39, 0.29) is 18.3 Å². The molecular formula is C23H27N5O3S2. The fourth-order valence-corrected chi connectivity index (χ4v) is 5.52. The van der Waals surface area contributed by atoms with Crippen LogP contribution in [0.2, 0.25) is 0 Å². The van der Waals surface area contributed by atoms with Crippen LogP contribution in [0.3, 0.4) is 0 Å². The summed E-state index contributed by atoms with van der Waals surface area (Å²) >= 11 is 2.59. The van der Waals surface area contributed by atoms with Crippen molar-refractivity contribution >= 4 is 40.1 Å². The normalized spacial score (nSPS) is 13.3. The minimum atomic E-state index is -0.411. The van der Waals surface area contributed by atoms with Crippen LogP contribution in [0.5, 0.6) is 0 Å². The second kappa shape index (κ2) is 10.9. The van der Waals surface area contributed by atoms with Gasteiger partial charge in [-0.2, -0.15) is 0 Å². The molecule has 0 saturated heterocycles. The molecule has 0 bridgehead atoms. The lowest BCUT2D eigenvalue weighted by Crippen LogP contribution is -2.32. The summed E-state index contributed by atoms with van der Waals surface area (Å²) in [5, 5.41) is 9.91. The molecule has 1 aromatic carbocycles. The molecule has 0 fully saturated rings. The van der Waals surface area contributed by atoms with Crippen molar-refractivity contribution < 1.29 is 14.3 Å². The van der Waals surface area contributed by atoms with E-state index in [1.165, 1.54) is 29.5 Å². The number of fused-ring (bicyclic) bond motifs is 1. The van der Waals surface area contributed by atoms with Gasteiger partial charge in [0.2, 0.25) is 5.91 Å². The molecule has 0 unspecified atom stereocenters. The van der Waals surface area contributed by atoms with E-state index in [1.54, 1.807) is 18.7 Å².